The molecule has 2 aromatic carbocycles. The van der Waals surface area contributed by atoms with Crippen LogP contribution in [-0.4, -0.2) is 74.5 Å². The van der Waals surface area contributed by atoms with E-state index in [-0.39, 0.29) is 52.5 Å². The summed E-state index contributed by atoms with van der Waals surface area (Å²) in [5.74, 6) is -1.24. The second kappa shape index (κ2) is 13.5. The van der Waals surface area contributed by atoms with Gasteiger partial charge in [-0.3, -0.25) is 14.4 Å². The van der Waals surface area contributed by atoms with Crippen LogP contribution in [0.25, 0.3) is 17.2 Å². The molecule has 2 aliphatic rings. The highest BCUT2D eigenvalue weighted by Crippen LogP contribution is 2.44. The maximum atomic E-state index is 14.5. The van der Waals surface area contributed by atoms with Crippen LogP contribution in [-0.2, 0) is 39.1 Å². The van der Waals surface area contributed by atoms with Gasteiger partial charge in [0.05, 0.1) is 31.7 Å². The summed E-state index contributed by atoms with van der Waals surface area (Å²) in [6, 6.07) is 8.79. The number of carbonyl (C=O) groups excluding carboxylic acids is 2. The number of rotatable bonds is 6. The number of aromatic nitrogens is 6. The van der Waals surface area contributed by atoms with Gasteiger partial charge in [0.15, 0.2) is 17.3 Å². The monoisotopic (exact) mass is 783 g/mol. The number of amides is 2. The highest BCUT2D eigenvalue weighted by Gasteiger charge is 2.45. The van der Waals surface area contributed by atoms with Gasteiger partial charge in [0.25, 0.3) is 11.5 Å². The zero-order valence-corrected chi connectivity index (χ0v) is 30.5. The standard InChI is InChI=1S/C35H33ClF3N9O5S/c1-19-29(50)28(42-18-41-19)32(52)46-14-12-34(13-15-46)11-3-4-25-27(34)31(51)48-33(44-30(45-48)20-5-8-22(9-6-20)54(2,40)53)47(25)17-26(49)43-24-10-7-21(16-23(24)36)35(37,38)39/h5-10,16,18,40,50H,3-4,11-15,17H2,1-2H3,(H,43,49). The summed E-state index contributed by atoms with van der Waals surface area (Å²) >= 11 is 6.14. The van der Waals surface area contributed by atoms with Crippen LogP contribution >= 0.6 is 11.6 Å². The average Bonchev–Trinajstić information content (AvgIpc) is 3.57. The SMILES string of the molecule is Cc1ncnc(C(=O)N2CCC3(CCCc4c3c(=O)n3nc(-c5ccc(S(C)(=N)=O)cc5)nc3n4CC(=O)Nc3ccc(C(F)(F)F)cc3Cl)CC2)c1O. The van der Waals surface area contributed by atoms with Crippen LogP contribution in [0.1, 0.15) is 58.7 Å². The van der Waals surface area contributed by atoms with Gasteiger partial charge in [-0.05, 0) is 81.5 Å². The normalized spacial score (nSPS) is 16.6. The fraction of sp³-hybridized carbons (Fsp3) is 0.343. The third kappa shape index (κ3) is 6.68. The van der Waals surface area contributed by atoms with Crippen LogP contribution in [0.4, 0.5) is 18.9 Å². The minimum Gasteiger partial charge on any atom is -0.504 e. The molecule has 3 N–H and O–H groups in total. The van der Waals surface area contributed by atoms with E-state index in [1.165, 1.54) is 24.7 Å². The molecule has 0 bridgehead atoms. The quantitative estimate of drug-likeness (QED) is 0.208. The van der Waals surface area contributed by atoms with Crippen molar-refractivity contribution in [2.45, 2.75) is 62.1 Å². The summed E-state index contributed by atoms with van der Waals surface area (Å²) in [5.41, 5.74) is -0.576. The van der Waals surface area contributed by atoms with Gasteiger partial charge in [0.2, 0.25) is 11.7 Å². The molecule has 1 fully saturated rings. The van der Waals surface area contributed by atoms with E-state index in [9.17, 15) is 36.9 Å². The Kier molecular flexibility index (Phi) is 9.24. The number of anilines is 1. The predicted molar refractivity (Wildman–Crippen MR) is 191 cm³/mol. The number of carbonyl (C=O) groups is 2. The first kappa shape index (κ1) is 37.0. The summed E-state index contributed by atoms with van der Waals surface area (Å²) in [6.07, 6.45) is 0.293. The molecule has 7 rings (SSSR count). The van der Waals surface area contributed by atoms with Gasteiger partial charge in [-0.1, -0.05) is 11.6 Å². The molecular formula is C35H33ClF3N9O5S. The summed E-state index contributed by atoms with van der Waals surface area (Å²) in [4.78, 5) is 56.0. The van der Waals surface area contributed by atoms with E-state index in [2.05, 4.69) is 25.4 Å². The Morgan fingerprint density at radius 1 is 1.09 bits per heavy atom. The van der Waals surface area contributed by atoms with Gasteiger partial charge in [-0.15, -0.1) is 5.10 Å². The van der Waals surface area contributed by atoms with E-state index in [1.807, 2.05) is 0 Å². The molecule has 1 atom stereocenters. The van der Waals surface area contributed by atoms with Gasteiger partial charge in [0.1, 0.15) is 12.9 Å². The van der Waals surface area contributed by atoms with Crippen molar-refractivity contribution in [1.29, 1.82) is 4.78 Å². The zero-order chi connectivity index (χ0) is 38.7. The zero-order valence-electron chi connectivity index (χ0n) is 28.9. The van der Waals surface area contributed by atoms with Crippen molar-refractivity contribution >= 4 is 44.6 Å². The Morgan fingerprint density at radius 3 is 2.44 bits per heavy atom. The van der Waals surface area contributed by atoms with E-state index in [1.54, 1.807) is 28.5 Å². The first-order chi connectivity index (χ1) is 25.5. The van der Waals surface area contributed by atoms with Crippen LogP contribution in [0.3, 0.4) is 0 Å². The number of nitrogens with zero attached hydrogens (tertiary/aromatic N) is 7. The van der Waals surface area contributed by atoms with Crippen LogP contribution in [0, 0.1) is 11.7 Å². The number of benzene rings is 2. The third-order valence-electron chi connectivity index (χ3n) is 10.1. The molecular weight excluding hydrogens is 751 g/mol. The lowest BCUT2D eigenvalue weighted by atomic mass is 9.66. The van der Waals surface area contributed by atoms with Crippen LogP contribution in [0.2, 0.25) is 5.02 Å². The molecule has 19 heteroatoms. The van der Waals surface area contributed by atoms with E-state index < -0.39 is 50.8 Å². The molecule has 1 saturated heterocycles. The molecule has 1 aliphatic carbocycles. The average molecular weight is 784 g/mol. The lowest BCUT2D eigenvalue weighted by Gasteiger charge is -2.45. The molecule has 1 aliphatic heterocycles. The Morgan fingerprint density at radius 2 is 1.80 bits per heavy atom. The fourth-order valence-electron chi connectivity index (χ4n) is 7.30. The molecule has 54 heavy (non-hydrogen) atoms. The molecule has 1 unspecified atom stereocenters. The molecule has 3 aromatic heterocycles. The Hall–Kier alpha value is -5.36. The molecule has 0 radical (unpaired) electrons. The molecule has 4 heterocycles. The van der Waals surface area contributed by atoms with Crippen LogP contribution in [0.15, 0.2) is 58.5 Å². The van der Waals surface area contributed by atoms with E-state index in [0.29, 0.717) is 53.8 Å². The van der Waals surface area contributed by atoms with Crippen LogP contribution < -0.4 is 10.9 Å². The molecule has 282 valence electrons. The number of fused-ring (bicyclic) bond motifs is 3. The van der Waals surface area contributed by atoms with Crippen molar-refractivity contribution in [3.05, 3.63) is 92.4 Å². The second-order valence-electron chi connectivity index (χ2n) is 13.6. The highest BCUT2D eigenvalue weighted by molar-refractivity contribution is 7.91. The number of aromatic hydroxyl groups is 1. The molecule has 1 spiro atoms. The Labute approximate surface area is 311 Å². The molecule has 2 amide bonds. The Balaban J connectivity index is 1.29. The van der Waals surface area contributed by atoms with Crippen molar-refractivity contribution in [3.63, 3.8) is 0 Å². The minimum absolute atomic E-state index is 0.0387. The second-order valence-corrected chi connectivity index (χ2v) is 16.1. The van der Waals surface area contributed by atoms with Gasteiger partial charge < -0.3 is 19.9 Å². The first-order valence-corrected chi connectivity index (χ1v) is 19.1. The molecule has 5 aromatic rings. The summed E-state index contributed by atoms with van der Waals surface area (Å²) in [7, 11) is -3.00. The summed E-state index contributed by atoms with van der Waals surface area (Å²) in [5, 5.41) is 17.3. The number of nitrogens with one attached hydrogen (secondary N) is 2. The van der Waals surface area contributed by atoms with E-state index in [4.69, 9.17) is 16.4 Å². The number of halogens is 4. The van der Waals surface area contributed by atoms with Crippen molar-refractivity contribution in [1.82, 2.24) is 34.0 Å². The lowest BCUT2D eigenvalue weighted by Crippen LogP contribution is -2.50. The summed E-state index contributed by atoms with van der Waals surface area (Å²) in [6.45, 7) is 1.66. The Bertz CT molecular complexity index is 2510. The van der Waals surface area contributed by atoms with Crippen molar-refractivity contribution in [2.24, 2.45) is 0 Å². The maximum absolute atomic E-state index is 14.5. The van der Waals surface area contributed by atoms with Gasteiger partial charge >= 0.3 is 6.18 Å². The minimum atomic E-state index is -4.63. The number of hydrogen-bond acceptors (Lipinski definition) is 10. The van der Waals surface area contributed by atoms with Crippen molar-refractivity contribution < 1.29 is 32.1 Å². The smallest absolute Gasteiger partial charge is 0.416 e. The number of alkyl halides is 3. The van der Waals surface area contributed by atoms with Crippen molar-refractivity contribution in [3.8, 4) is 17.1 Å². The first-order valence-electron chi connectivity index (χ1n) is 16.8. The third-order valence-corrected chi connectivity index (χ3v) is 11.6. The number of likely N-dealkylation sites (tertiary alicyclic amines) is 1. The number of hydrogen-bond donors (Lipinski definition) is 3. The summed E-state index contributed by atoms with van der Waals surface area (Å²) < 4.78 is 62.7. The molecule has 0 saturated carbocycles. The van der Waals surface area contributed by atoms with Crippen molar-refractivity contribution in [2.75, 3.05) is 24.7 Å². The van der Waals surface area contributed by atoms with Crippen LogP contribution in [0.5, 0.6) is 5.75 Å². The predicted octanol–water partition coefficient (Wildman–Crippen LogP) is 5.22. The topological polar surface area (TPSA) is 189 Å². The maximum Gasteiger partial charge on any atom is 0.416 e. The number of piperidine rings is 1. The van der Waals surface area contributed by atoms with E-state index >= 15 is 0 Å². The highest BCUT2D eigenvalue weighted by atomic mass is 35.5. The largest absolute Gasteiger partial charge is 0.504 e. The fourth-order valence-corrected chi connectivity index (χ4v) is 8.18. The number of aryl methyl sites for hydroxylation is 1. The van der Waals surface area contributed by atoms with Gasteiger partial charge in [0, 0.05) is 46.5 Å². The van der Waals surface area contributed by atoms with Gasteiger partial charge in [-0.2, -0.15) is 22.7 Å². The van der Waals surface area contributed by atoms with Gasteiger partial charge in [-0.25, -0.2) is 19.0 Å². The van der Waals surface area contributed by atoms with E-state index in [0.717, 1.165) is 22.7 Å². The molecule has 14 nitrogen and oxygen atoms in total. The lowest BCUT2D eigenvalue weighted by molar-refractivity contribution is -0.137.